The van der Waals surface area contributed by atoms with Gasteiger partial charge in [0.1, 0.15) is 5.69 Å². The molecule has 7 heteroatoms. The number of hydrogen-bond acceptors (Lipinski definition) is 3. The lowest BCUT2D eigenvalue weighted by Crippen LogP contribution is -2.33. The first-order chi connectivity index (χ1) is 9.38. The zero-order valence-corrected chi connectivity index (χ0v) is 11.2. The number of amides is 1. The van der Waals surface area contributed by atoms with E-state index in [1.807, 2.05) is 4.90 Å². The zero-order chi connectivity index (χ0) is 14.8. The summed E-state index contributed by atoms with van der Waals surface area (Å²) in [4.78, 5) is 18.3. The second kappa shape index (κ2) is 5.68. The minimum Gasteiger partial charge on any atom is -0.370 e. The van der Waals surface area contributed by atoms with Gasteiger partial charge in [-0.2, -0.15) is 13.2 Å². The molecule has 0 radical (unpaired) electrons. The summed E-state index contributed by atoms with van der Waals surface area (Å²) in [6.07, 6.45) is -2.53. The van der Waals surface area contributed by atoms with Crippen molar-refractivity contribution in [1.82, 2.24) is 9.88 Å². The third-order valence-electron chi connectivity index (χ3n) is 3.34. The molecule has 110 valence electrons. The summed E-state index contributed by atoms with van der Waals surface area (Å²) in [7, 11) is 0. The van der Waals surface area contributed by atoms with Crippen LogP contribution in [0.1, 0.15) is 19.0 Å². The monoisotopic (exact) mass is 287 g/mol. The Balaban J connectivity index is 2.14. The van der Waals surface area contributed by atoms with E-state index >= 15 is 0 Å². The highest BCUT2D eigenvalue weighted by atomic mass is 19.4. The molecule has 1 fully saturated rings. The number of halogens is 3. The maximum Gasteiger partial charge on any atom is 0.433 e. The Morgan fingerprint density at radius 1 is 1.25 bits per heavy atom. The molecule has 1 aliphatic heterocycles. The van der Waals surface area contributed by atoms with Gasteiger partial charge in [0.15, 0.2) is 0 Å². The van der Waals surface area contributed by atoms with Crippen LogP contribution < -0.4 is 4.90 Å². The minimum atomic E-state index is -4.44. The lowest BCUT2D eigenvalue weighted by Gasteiger charge is -2.23. The smallest absolute Gasteiger partial charge is 0.370 e. The summed E-state index contributed by atoms with van der Waals surface area (Å²) >= 11 is 0. The molecule has 0 unspecified atom stereocenters. The molecule has 1 saturated heterocycles. The van der Waals surface area contributed by atoms with Gasteiger partial charge in [0.2, 0.25) is 5.91 Å². The van der Waals surface area contributed by atoms with Crippen LogP contribution in [-0.2, 0) is 11.0 Å². The Hall–Kier alpha value is -1.79. The first-order valence-electron chi connectivity index (χ1n) is 6.41. The van der Waals surface area contributed by atoms with Crippen LogP contribution in [0, 0.1) is 0 Å². The first-order valence-corrected chi connectivity index (χ1v) is 6.41. The summed E-state index contributed by atoms with van der Waals surface area (Å²) in [6.45, 7) is 3.83. The van der Waals surface area contributed by atoms with Gasteiger partial charge in [-0.05, 0) is 18.6 Å². The van der Waals surface area contributed by atoms with Crippen molar-refractivity contribution in [1.29, 1.82) is 0 Å². The normalized spacial score (nSPS) is 17.0. The van der Waals surface area contributed by atoms with Crippen molar-refractivity contribution in [2.75, 3.05) is 31.1 Å². The van der Waals surface area contributed by atoms with Crippen molar-refractivity contribution >= 4 is 11.6 Å². The average Bonchev–Trinajstić information content (AvgIpc) is 2.63. The van der Waals surface area contributed by atoms with Crippen LogP contribution in [0.5, 0.6) is 0 Å². The molecule has 0 aliphatic carbocycles. The maximum atomic E-state index is 12.6. The molecule has 1 aromatic rings. The maximum absolute atomic E-state index is 12.6. The van der Waals surface area contributed by atoms with Crippen molar-refractivity contribution in [2.24, 2.45) is 0 Å². The first kappa shape index (κ1) is 14.6. The SMILES string of the molecule is CC(=O)N1CCCN(c2ccnc(C(F)(F)F)c2)CC1. The molecule has 0 spiro atoms. The van der Waals surface area contributed by atoms with Crippen LogP contribution in [0.4, 0.5) is 18.9 Å². The van der Waals surface area contributed by atoms with E-state index in [0.29, 0.717) is 31.9 Å². The predicted molar refractivity (Wildman–Crippen MR) is 68.3 cm³/mol. The van der Waals surface area contributed by atoms with Crippen LogP contribution in [0.2, 0.25) is 0 Å². The van der Waals surface area contributed by atoms with Gasteiger partial charge in [0.05, 0.1) is 0 Å². The molecular weight excluding hydrogens is 271 g/mol. The molecular formula is C13H16F3N3O. The Morgan fingerprint density at radius 3 is 2.65 bits per heavy atom. The third-order valence-corrected chi connectivity index (χ3v) is 3.34. The Kier molecular flexibility index (Phi) is 4.15. The van der Waals surface area contributed by atoms with E-state index < -0.39 is 11.9 Å². The lowest BCUT2D eigenvalue weighted by molar-refractivity contribution is -0.141. The number of pyridine rings is 1. The third kappa shape index (κ3) is 3.40. The number of carbonyl (C=O) groups excluding carboxylic acids is 1. The predicted octanol–water partition coefficient (Wildman–Crippen LogP) is 2.16. The van der Waals surface area contributed by atoms with E-state index in [1.54, 1.807) is 11.0 Å². The van der Waals surface area contributed by atoms with Crippen LogP contribution in [0.15, 0.2) is 18.3 Å². The molecule has 20 heavy (non-hydrogen) atoms. The Bertz CT molecular complexity index is 490. The molecule has 4 nitrogen and oxygen atoms in total. The molecule has 0 aromatic carbocycles. The number of carbonyl (C=O) groups is 1. The molecule has 0 bridgehead atoms. The second-order valence-electron chi connectivity index (χ2n) is 4.74. The largest absolute Gasteiger partial charge is 0.433 e. The van der Waals surface area contributed by atoms with Gasteiger partial charge in [0, 0.05) is 45.0 Å². The van der Waals surface area contributed by atoms with Crippen LogP contribution in [-0.4, -0.2) is 42.0 Å². The highest BCUT2D eigenvalue weighted by Gasteiger charge is 2.33. The number of anilines is 1. The summed E-state index contributed by atoms with van der Waals surface area (Å²) in [5.41, 5.74) is -0.389. The van der Waals surface area contributed by atoms with Gasteiger partial charge in [0.25, 0.3) is 0 Å². The van der Waals surface area contributed by atoms with Crippen molar-refractivity contribution in [3.8, 4) is 0 Å². The van der Waals surface area contributed by atoms with Gasteiger partial charge in [-0.3, -0.25) is 9.78 Å². The van der Waals surface area contributed by atoms with Crippen molar-refractivity contribution in [2.45, 2.75) is 19.5 Å². The van der Waals surface area contributed by atoms with Crippen LogP contribution >= 0.6 is 0 Å². The number of nitrogens with zero attached hydrogens (tertiary/aromatic N) is 3. The molecule has 1 aromatic heterocycles. The van der Waals surface area contributed by atoms with E-state index in [4.69, 9.17) is 0 Å². The van der Waals surface area contributed by atoms with Gasteiger partial charge in [-0.1, -0.05) is 0 Å². The minimum absolute atomic E-state index is 0.00226. The molecule has 0 N–H and O–H groups in total. The zero-order valence-electron chi connectivity index (χ0n) is 11.2. The molecule has 0 saturated carbocycles. The van der Waals surface area contributed by atoms with Crippen LogP contribution in [0.25, 0.3) is 0 Å². The highest BCUT2D eigenvalue weighted by Crippen LogP contribution is 2.30. The quantitative estimate of drug-likeness (QED) is 0.794. The van der Waals surface area contributed by atoms with Crippen molar-refractivity contribution in [3.05, 3.63) is 24.0 Å². The van der Waals surface area contributed by atoms with E-state index in [-0.39, 0.29) is 5.91 Å². The fourth-order valence-electron chi connectivity index (χ4n) is 2.26. The number of aromatic nitrogens is 1. The Morgan fingerprint density at radius 2 is 2.00 bits per heavy atom. The fraction of sp³-hybridized carbons (Fsp3) is 0.538. The van der Waals surface area contributed by atoms with E-state index in [9.17, 15) is 18.0 Å². The number of alkyl halides is 3. The van der Waals surface area contributed by atoms with Crippen LogP contribution in [0.3, 0.4) is 0 Å². The van der Waals surface area contributed by atoms with Gasteiger partial charge >= 0.3 is 6.18 Å². The Labute approximate surface area is 115 Å². The van der Waals surface area contributed by atoms with Gasteiger partial charge in [-0.25, -0.2) is 0 Å². The van der Waals surface area contributed by atoms with E-state index in [2.05, 4.69) is 4.98 Å². The van der Waals surface area contributed by atoms with Crippen molar-refractivity contribution < 1.29 is 18.0 Å². The van der Waals surface area contributed by atoms with Gasteiger partial charge in [-0.15, -0.1) is 0 Å². The molecule has 2 rings (SSSR count). The molecule has 2 heterocycles. The molecule has 1 amide bonds. The van der Waals surface area contributed by atoms with E-state index in [0.717, 1.165) is 12.5 Å². The number of hydrogen-bond donors (Lipinski definition) is 0. The highest BCUT2D eigenvalue weighted by molar-refractivity contribution is 5.73. The summed E-state index contributed by atoms with van der Waals surface area (Å²) in [5, 5.41) is 0. The fourth-order valence-corrected chi connectivity index (χ4v) is 2.26. The lowest BCUT2D eigenvalue weighted by atomic mass is 10.2. The van der Waals surface area contributed by atoms with E-state index in [1.165, 1.54) is 13.1 Å². The summed E-state index contributed by atoms with van der Waals surface area (Å²) in [6, 6.07) is 2.63. The summed E-state index contributed by atoms with van der Waals surface area (Å²) in [5.74, 6) is -0.00226. The molecule has 1 aliphatic rings. The van der Waals surface area contributed by atoms with Crippen molar-refractivity contribution in [3.63, 3.8) is 0 Å². The average molecular weight is 287 g/mol. The standard InChI is InChI=1S/C13H16F3N3O/c1-10(20)18-5-2-6-19(8-7-18)11-3-4-17-12(9-11)13(14,15)16/h3-4,9H,2,5-8H2,1H3. The second-order valence-corrected chi connectivity index (χ2v) is 4.74. The topological polar surface area (TPSA) is 36.4 Å². The molecule has 0 atom stereocenters. The summed E-state index contributed by atoms with van der Waals surface area (Å²) < 4.78 is 37.9. The van der Waals surface area contributed by atoms with Gasteiger partial charge < -0.3 is 9.80 Å². The number of rotatable bonds is 1.